The summed E-state index contributed by atoms with van der Waals surface area (Å²) in [5.41, 5.74) is 0.893. The van der Waals surface area contributed by atoms with Crippen molar-refractivity contribution < 1.29 is 18.3 Å². The van der Waals surface area contributed by atoms with E-state index in [0.29, 0.717) is 11.3 Å². The minimum absolute atomic E-state index is 0.0703. The number of rotatable bonds is 2. The van der Waals surface area contributed by atoms with Crippen molar-refractivity contribution in [1.82, 2.24) is 9.78 Å². The topological polar surface area (TPSA) is 89.3 Å². The number of nitrogens with zero attached hydrogens (tertiary/aromatic N) is 2. The minimum atomic E-state index is -3.18. The molecule has 1 aliphatic carbocycles. The lowest BCUT2D eigenvalue weighted by Gasteiger charge is -2.27. The predicted molar refractivity (Wildman–Crippen MR) is 58.4 cm³/mol. The number of aromatic nitrogens is 2. The van der Waals surface area contributed by atoms with E-state index in [1.165, 1.54) is 0 Å². The lowest BCUT2D eigenvalue weighted by atomic mass is 9.93. The molecule has 3 rings (SSSR count). The largest absolute Gasteiger partial charge is 0.476 e. The fraction of sp³-hybridized carbons (Fsp3) is 0.600. The summed E-state index contributed by atoms with van der Waals surface area (Å²) in [6.07, 6.45) is 2.99. The average molecular weight is 256 g/mol. The normalized spacial score (nSPS) is 22.1. The van der Waals surface area contributed by atoms with Crippen LogP contribution in [0.4, 0.5) is 0 Å². The van der Waals surface area contributed by atoms with E-state index < -0.39 is 15.8 Å². The van der Waals surface area contributed by atoms with Gasteiger partial charge >= 0.3 is 5.97 Å². The maximum Gasteiger partial charge on any atom is 0.356 e. The Kier molecular flexibility index (Phi) is 2.10. The number of hydrogen-bond donors (Lipinski definition) is 1. The van der Waals surface area contributed by atoms with Crippen molar-refractivity contribution in [3.63, 3.8) is 0 Å². The molecule has 0 radical (unpaired) electrons. The Morgan fingerprint density at radius 2 is 2.06 bits per heavy atom. The Labute approximate surface area is 98.2 Å². The van der Waals surface area contributed by atoms with Crippen LogP contribution in [-0.2, 0) is 21.3 Å². The highest BCUT2D eigenvalue weighted by Crippen LogP contribution is 2.37. The van der Waals surface area contributed by atoms with Gasteiger partial charge in [-0.1, -0.05) is 0 Å². The van der Waals surface area contributed by atoms with Gasteiger partial charge in [-0.2, -0.15) is 5.10 Å². The van der Waals surface area contributed by atoms with Crippen LogP contribution in [-0.4, -0.2) is 29.3 Å². The SMILES string of the molecule is O=C(O)c1nn(C2CCC2)c2c1CS(=O)(=O)C2. The summed E-state index contributed by atoms with van der Waals surface area (Å²) in [5, 5.41) is 13.1. The number of aromatic carboxylic acids is 1. The fourth-order valence-electron chi connectivity index (χ4n) is 2.39. The number of sulfone groups is 1. The van der Waals surface area contributed by atoms with Gasteiger partial charge in [0.2, 0.25) is 0 Å². The van der Waals surface area contributed by atoms with E-state index in [9.17, 15) is 13.2 Å². The molecule has 6 nitrogen and oxygen atoms in total. The standard InChI is InChI=1S/C10H12N2O4S/c13-10(14)9-7-4-17(15,16)5-8(7)12(11-9)6-2-1-3-6/h6H,1-5H2,(H,13,14). The summed E-state index contributed by atoms with van der Waals surface area (Å²) in [4.78, 5) is 11.0. The lowest BCUT2D eigenvalue weighted by molar-refractivity contribution is 0.0687. The van der Waals surface area contributed by atoms with Crippen LogP contribution in [0.1, 0.15) is 47.1 Å². The number of hydrogen-bond acceptors (Lipinski definition) is 4. The lowest BCUT2D eigenvalue weighted by Crippen LogP contribution is -2.21. The third-order valence-corrected chi connectivity index (χ3v) is 4.90. The first-order chi connectivity index (χ1) is 7.98. The van der Waals surface area contributed by atoms with E-state index in [2.05, 4.69) is 5.10 Å². The summed E-state index contributed by atoms with van der Waals surface area (Å²) >= 11 is 0. The van der Waals surface area contributed by atoms with Gasteiger partial charge < -0.3 is 5.11 Å². The molecule has 1 fully saturated rings. The third-order valence-electron chi connectivity index (χ3n) is 3.46. The second-order valence-electron chi connectivity index (χ2n) is 4.64. The number of fused-ring (bicyclic) bond motifs is 1. The van der Waals surface area contributed by atoms with Crippen molar-refractivity contribution in [1.29, 1.82) is 0 Å². The molecule has 1 aromatic heterocycles. The third kappa shape index (κ3) is 1.56. The van der Waals surface area contributed by atoms with Crippen molar-refractivity contribution in [2.24, 2.45) is 0 Å². The van der Waals surface area contributed by atoms with Gasteiger partial charge in [0.1, 0.15) is 0 Å². The summed E-state index contributed by atoms with van der Waals surface area (Å²) < 4.78 is 24.8. The molecule has 0 spiro atoms. The molecule has 0 saturated heterocycles. The monoisotopic (exact) mass is 256 g/mol. The maximum absolute atomic E-state index is 11.6. The first-order valence-corrected chi connectivity index (χ1v) is 7.34. The summed E-state index contributed by atoms with van der Waals surface area (Å²) in [6, 6.07) is 0.185. The second-order valence-corrected chi connectivity index (χ2v) is 6.71. The van der Waals surface area contributed by atoms with Crippen LogP contribution in [0.15, 0.2) is 0 Å². The van der Waals surface area contributed by atoms with E-state index in [0.717, 1.165) is 19.3 Å². The summed E-state index contributed by atoms with van der Waals surface area (Å²) in [5.74, 6) is -1.40. The Bertz CT molecular complexity index is 598. The van der Waals surface area contributed by atoms with Crippen molar-refractivity contribution in [3.8, 4) is 0 Å². The van der Waals surface area contributed by atoms with Crippen LogP contribution in [0, 0.1) is 0 Å². The fourth-order valence-corrected chi connectivity index (χ4v) is 3.96. The summed E-state index contributed by atoms with van der Waals surface area (Å²) in [7, 11) is -3.18. The molecule has 17 heavy (non-hydrogen) atoms. The number of carboxylic acid groups (broad SMARTS) is 1. The van der Waals surface area contributed by atoms with E-state index in [-0.39, 0.29) is 23.2 Å². The van der Waals surface area contributed by atoms with Crippen LogP contribution in [0.3, 0.4) is 0 Å². The zero-order chi connectivity index (χ0) is 12.2. The first kappa shape index (κ1) is 10.8. The van der Waals surface area contributed by atoms with Gasteiger partial charge in [-0.25, -0.2) is 13.2 Å². The molecule has 2 aliphatic rings. The molecule has 0 aromatic carbocycles. The number of carboxylic acids is 1. The highest BCUT2D eigenvalue weighted by Gasteiger charge is 2.37. The molecule has 1 N–H and O–H groups in total. The average Bonchev–Trinajstić information content (AvgIpc) is 2.57. The molecule has 0 amide bonds. The molecular weight excluding hydrogens is 244 g/mol. The first-order valence-electron chi connectivity index (χ1n) is 5.52. The zero-order valence-corrected chi connectivity index (χ0v) is 9.90. The minimum Gasteiger partial charge on any atom is -0.476 e. The molecule has 0 bridgehead atoms. The molecule has 92 valence electrons. The van der Waals surface area contributed by atoms with Crippen LogP contribution in [0.2, 0.25) is 0 Å². The van der Waals surface area contributed by atoms with Gasteiger partial charge in [-0.15, -0.1) is 0 Å². The van der Waals surface area contributed by atoms with Crippen molar-refractivity contribution in [2.75, 3.05) is 0 Å². The van der Waals surface area contributed by atoms with Crippen molar-refractivity contribution >= 4 is 15.8 Å². The predicted octanol–water partition coefficient (Wildman–Crippen LogP) is 0.735. The van der Waals surface area contributed by atoms with E-state index in [1.807, 2.05) is 0 Å². The van der Waals surface area contributed by atoms with Crippen LogP contribution >= 0.6 is 0 Å². The molecule has 0 unspecified atom stereocenters. The van der Waals surface area contributed by atoms with E-state index in [4.69, 9.17) is 5.11 Å². The molecule has 1 saturated carbocycles. The van der Waals surface area contributed by atoms with Gasteiger partial charge in [-0.05, 0) is 19.3 Å². The van der Waals surface area contributed by atoms with Crippen molar-refractivity contribution in [2.45, 2.75) is 36.8 Å². The van der Waals surface area contributed by atoms with Gasteiger partial charge in [0.15, 0.2) is 15.5 Å². The Morgan fingerprint density at radius 1 is 1.35 bits per heavy atom. The zero-order valence-electron chi connectivity index (χ0n) is 9.09. The number of carbonyl (C=O) groups is 1. The Hall–Kier alpha value is -1.37. The molecule has 2 heterocycles. The van der Waals surface area contributed by atoms with Crippen molar-refractivity contribution in [3.05, 3.63) is 17.0 Å². The highest BCUT2D eigenvalue weighted by atomic mass is 32.2. The second kappa shape index (κ2) is 3.32. The molecule has 1 aliphatic heterocycles. The Morgan fingerprint density at radius 3 is 2.59 bits per heavy atom. The molecule has 1 aromatic rings. The van der Waals surface area contributed by atoms with E-state index in [1.54, 1.807) is 4.68 Å². The van der Waals surface area contributed by atoms with Crippen LogP contribution < -0.4 is 0 Å². The van der Waals surface area contributed by atoms with Gasteiger partial charge in [-0.3, -0.25) is 4.68 Å². The van der Waals surface area contributed by atoms with Gasteiger partial charge in [0.05, 0.1) is 23.2 Å². The van der Waals surface area contributed by atoms with Crippen LogP contribution in [0.25, 0.3) is 0 Å². The Balaban J connectivity index is 2.13. The molecule has 0 atom stereocenters. The summed E-state index contributed by atoms with van der Waals surface area (Å²) in [6.45, 7) is 0. The molecular formula is C10H12N2O4S. The van der Waals surface area contributed by atoms with Gasteiger partial charge in [0, 0.05) is 5.56 Å². The van der Waals surface area contributed by atoms with E-state index >= 15 is 0 Å². The van der Waals surface area contributed by atoms with Crippen LogP contribution in [0.5, 0.6) is 0 Å². The van der Waals surface area contributed by atoms with Gasteiger partial charge in [0.25, 0.3) is 0 Å². The smallest absolute Gasteiger partial charge is 0.356 e. The highest BCUT2D eigenvalue weighted by molar-refractivity contribution is 7.90. The molecule has 7 heteroatoms. The maximum atomic E-state index is 11.6. The quantitative estimate of drug-likeness (QED) is 0.842.